The van der Waals surface area contributed by atoms with Crippen LogP contribution in [0.25, 0.3) is 0 Å². The number of hydrogen-bond acceptors (Lipinski definition) is 3. The van der Waals surface area contributed by atoms with Gasteiger partial charge in [0.15, 0.2) is 0 Å². The van der Waals surface area contributed by atoms with Crippen LogP contribution < -0.4 is 10.2 Å². The highest BCUT2D eigenvalue weighted by atomic mass is 32.2. The van der Waals surface area contributed by atoms with Crippen LogP contribution in [0, 0.1) is 0 Å². The maximum absolute atomic E-state index is 3.62. The number of nitrogens with one attached hydrogen (secondary N) is 1. The van der Waals surface area contributed by atoms with E-state index in [9.17, 15) is 0 Å². The fourth-order valence-electron chi connectivity index (χ4n) is 2.99. The normalized spacial score (nSPS) is 24.7. The van der Waals surface area contributed by atoms with E-state index in [2.05, 4.69) is 73.9 Å². The van der Waals surface area contributed by atoms with Gasteiger partial charge in [0, 0.05) is 35.3 Å². The zero-order chi connectivity index (χ0) is 14.5. The van der Waals surface area contributed by atoms with Crippen LogP contribution in [0.2, 0.25) is 0 Å². The summed E-state index contributed by atoms with van der Waals surface area (Å²) in [5.74, 6) is 0. The molecule has 1 aliphatic heterocycles. The Balaban J connectivity index is 2.18. The number of anilines is 1. The summed E-state index contributed by atoms with van der Waals surface area (Å²) in [6.07, 6.45) is 1.18. The Morgan fingerprint density at radius 1 is 1.25 bits per heavy atom. The van der Waals surface area contributed by atoms with Gasteiger partial charge in [-0.25, -0.2) is 0 Å². The molecule has 0 amide bonds. The largest absolute Gasteiger partial charge is 0.369 e. The van der Waals surface area contributed by atoms with Crippen molar-refractivity contribution in [2.75, 3.05) is 24.5 Å². The second-order valence-corrected chi connectivity index (χ2v) is 7.78. The van der Waals surface area contributed by atoms with Crippen LogP contribution in [0.1, 0.15) is 45.7 Å². The molecule has 0 aliphatic carbocycles. The summed E-state index contributed by atoms with van der Waals surface area (Å²) < 4.78 is 0. The van der Waals surface area contributed by atoms with Crippen molar-refractivity contribution in [2.24, 2.45) is 0 Å². The minimum absolute atomic E-state index is 0.423. The van der Waals surface area contributed by atoms with E-state index in [-0.39, 0.29) is 0 Å². The summed E-state index contributed by atoms with van der Waals surface area (Å²) in [6, 6.07) is 9.32. The lowest BCUT2D eigenvalue weighted by Crippen LogP contribution is -2.41. The molecule has 1 aromatic rings. The lowest BCUT2D eigenvalue weighted by atomic mass is 10.0. The van der Waals surface area contributed by atoms with Gasteiger partial charge < -0.3 is 10.2 Å². The molecule has 2 rings (SSSR count). The van der Waals surface area contributed by atoms with E-state index in [1.807, 2.05) is 0 Å². The summed E-state index contributed by atoms with van der Waals surface area (Å²) >= 11 is 2.11. The van der Waals surface area contributed by atoms with Gasteiger partial charge in [-0.3, -0.25) is 0 Å². The van der Waals surface area contributed by atoms with Crippen LogP contribution in [0.15, 0.2) is 24.3 Å². The summed E-state index contributed by atoms with van der Waals surface area (Å²) in [5.41, 5.74) is 2.86. The maximum atomic E-state index is 3.62. The van der Waals surface area contributed by atoms with Crippen LogP contribution in [0.3, 0.4) is 0 Å². The Morgan fingerprint density at radius 2 is 1.90 bits per heavy atom. The van der Waals surface area contributed by atoms with Gasteiger partial charge in [-0.15, -0.1) is 0 Å². The molecule has 0 aromatic heterocycles. The number of benzene rings is 1. The summed E-state index contributed by atoms with van der Waals surface area (Å²) in [7, 11) is 0. The SMILES string of the molecule is CCCNC(C)c1ccccc1N1CC(C)SC(C)C1. The van der Waals surface area contributed by atoms with E-state index in [1.54, 1.807) is 0 Å². The third-order valence-corrected chi connectivity index (χ3v) is 5.09. The molecular weight excluding hydrogens is 264 g/mol. The van der Waals surface area contributed by atoms with E-state index in [0.717, 1.165) is 19.6 Å². The van der Waals surface area contributed by atoms with Crippen molar-refractivity contribution in [3.8, 4) is 0 Å². The van der Waals surface area contributed by atoms with Gasteiger partial charge in [0.25, 0.3) is 0 Å². The fraction of sp³-hybridized carbons (Fsp3) is 0.647. The van der Waals surface area contributed by atoms with Gasteiger partial charge in [0.05, 0.1) is 0 Å². The molecule has 3 atom stereocenters. The Bertz CT molecular complexity index is 411. The second kappa shape index (κ2) is 7.37. The first-order valence-electron chi connectivity index (χ1n) is 7.84. The van der Waals surface area contributed by atoms with Crippen LogP contribution in [0.4, 0.5) is 5.69 Å². The van der Waals surface area contributed by atoms with Gasteiger partial charge in [-0.1, -0.05) is 39.0 Å². The quantitative estimate of drug-likeness (QED) is 0.880. The minimum atomic E-state index is 0.423. The molecule has 2 nitrogen and oxygen atoms in total. The van der Waals surface area contributed by atoms with Crippen LogP contribution >= 0.6 is 11.8 Å². The zero-order valence-electron chi connectivity index (χ0n) is 13.2. The van der Waals surface area contributed by atoms with E-state index in [1.165, 1.54) is 17.7 Å². The topological polar surface area (TPSA) is 15.3 Å². The molecule has 1 saturated heterocycles. The molecule has 0 radical (unpaired) electrons. The molecule has 0 bridgehead atoms. The molecule has 0 spiro atoms. The molecule has 1 fully saturated rings. The Labute approximate surface area is 128 Å². The van der Waals surface area contributed by atoms with Crippen molar-refractivity contribution in [2.45, 2.75) is 50.7 Å². The van der Waals surface area contributed by atoms with Crippen molar-refractivity contribution < 1.29 is 0 Å². The average Bonchev–Trinajstić information content (AvgIpc) is 2.43. The molecule has 1 heterocycles. The smallest absolute Gasteiger partial charge is 0.0415 e. The zero-order valence-corrected chi connectivity index (χ0v) is 14.0. The predicted octanol–water partition coefficient (Wildman–Crippen LogP) is 4.08. The summed E-state index contributed by atoms with van der Waals surface area (Å²) in [5, 5.41) is 5.05. The average molecular weight is 292 g/mol. The van der Waals surface area contributed by atoms with Gasteiger partial charge in [-0.05, 0) is 31.5 Å². The number of para-hydroxylation sites is 1. The highest BCUT2D eigenvalue weighted by Gasteiger charge is 2.24. The highest BCUT2D eigenvalue weighted by molar-refractivity contribution is 8.00. The third-order valence-electron chi connectivity index (χ3n) is 3.86. The Morgan fingerprint density at radius 3 is 2.55 bits per heavy atom. The molecule has 1 aliphatic rings. The number of rotatable bonds is 5. The molecule has 20 heavy (non-hydrogen) atoms. The first kappa shape index (κ1) is 15.7. The molecule has 3 unspecified atom stereocenters. The Hall–Kier alpha value is -0.670. The third kappa shape index (κ3) is 3.92. The number of hydrogen-bond donors (Lipinski definition) is 1. The molecule has 1 N–H and O–H groups in total. The lowest BCUT2D eigenvalue weighted by Gasteiger charge is -2.38. The van der Waals surface area contributed by atoms with Crippen LogP contribution in [-0.2, 0) is 0 Å². The summed E-state index contributed by atoms with van der Waals surface area (Å²) in [6.45, 7) is 12.6. The molecule has 0 saturated carbocycles. The molecule has 3 heteroatoms. The standard InChI is InChI=1S/C17H28N2S/c1-5-10-18-15(4)16-8-6-7-9-17(16)19-11-13(2)20-14(3)12-19/h6-9,13-15,18H,5,10-12H2,1-4H3. The van der Waals surface area contributed by atoms with Crippen molar-refractivity contribution in [3.05, 3.63) is 29.8 Å². The molecular formula is C17H28N2S. The first-order chi connectivity index (χ1) is 9.61. The maximum Gasteiger partial charge on any atom is 0.0415 e. The van der Waals surface area contributed by atoms with Gasteiger partial charge in [-0.2, -0.15) is 11.8 Å². The minimum Gasteiger partial charge on any atom is -0.369 e. The van der Waals surface area contributed by atoms with E-state index in [4.69, 9.17) is 0 Å². The molecule has 1 aromatic carbocycles. The van der Waals surface area contributed by atoms with Crippen molar-refractivity contribution >= 4 is 17.4 Å². The highest BCUT2D eigenvalue weighted by Crippen LogP contribution is 2.32. The van der Waals surface area contributed by atoms with E-state index in [0.29, 0.717) is 16.5 Å². The van der Waals surface area contributed by atoms with Crippen molar-refractivity contribution in [3.63, 3.8) is 0 Å². The number of nitrogens with zero attached hydrogens (tertiary/aromatic N) is 1. The summed E-state index contributed by atoms with van der Waals surface area (Å²) in [4.78, 5) is 2.57. The Kier molecular flexibility index (Phi) is 5.79. The van der Waals surface area contributed by atoms with E-state index >= 15 is 0 Å². The van der Waals surface area contributed by atoms with Gasteiger partial charge in [0.1, 0.15) is 0 Å². The fourth-order valence-corrected chi connectivity index (χ4v) is 4.31. The number of thioether (sulfide) groups is 1. The van der Waals surface area contributed by atoms with Gasteiger partial charge >= 0.3 is 0 Å². The predicted molar refractivity (Wildman–Crippen MR) is 91.9 cm³/mol. The van der Waals surface area contributed by atoms with Crippen LogP contribution in [0.5, 0.6) is 0 Å². The molecule has 112 valence electrons. The van der Waals surface area contributed by atoms with Crippen LogP contribution in [-0.4, -0.2) is 30.1 Å². The lowest BCUT2D eigenvalue weighted by molar-refractivity contribution is 0.568. The van der Waals surface area contributed by atoms with Gasteiger partial charge in [0.2, 0.25) is 0 Å². The first-order valence-corrected chi connectivity index (χ1v) is 8.78. The van der Waals surface area contributed by atoms with Crippen molar-refractivity contribution in [1.29, 1.82) is 0 Å². The monoisotopic (exact) mass is 292 g/mol. The van der Waals surface area contributed by atoms with E-state index < -0.39 is 0 Å². The van der Waals surface area contributed by atoms with Crippen molar-refractivity contribution in [1.82, 2.24) is 5.32 Å². The second-order valence-electron chi connectivity index (χ2n) is 5.90.